The zero-order valence-electron chi connectivity index (χ0n) is 8.35. The minimum Gasteiger partial charge on any atom is -0.380 e. The van der Waals surface area contributed by atoms with Crippen molar-refractivity contribution in [3.8, 4) is 0 Å². The Kier molecular flexibility index (Phi) is 4.24. The molecule has 0 radical (unpaired) electrons. The van der Waals surface area contributed by atoms with E-state index in [0.29, 0.717) is 5.41 Å². The quantitative estimate of drug-likeness (QED) is 0.590. The van der Waals surface area contributed by atoms with E-state index in [-0.39, 0.29) is 0 Å². The van der Waals surface area contributed by atoms with Gasteiger partial charge in [0.05, 0.1) is 0 Å². The maximum atomic E-state index is 3.74. The maximum Gasteiger partial charge on any atom is 0.0222 e. The van der Waals surface area contributed by atoms with E-state index < -0.39 is 0 Å². The fourth-order valence-electron chi connectivity index (χ4n) is 1.14. The summed E-state index contributed by atoms with van der Waals surface area (Å²) in [4.78, 5) is 2.16. The predicted octanol–water partition coefficient (Wildman–Crippen LogP) is 2.89. The second kappa shape index (κ2) is 4.42. The highest BCUT2D eigenvalue weighted by atomic mass is 15.1. The van der Waals surface area contributed by atoms with Gasteiger partial charge in [0, 0.05) is 13.6 Å². The third-order valence-electron chi connectivity index (χ3n) is 2.65. The van der Waals surface area contributed by atoms with E-state index in [1.54, 1.807) is 0 Å². The van der Waals surface area contributed by atoms with E-state index in [1.165, 1.54) is 12.8 Å². The Morgan fingerprint density at radius 1 is 1.36 bits per heavy atom. The molecule has 0 N–H and O–H groups in total. The fourth-order valence-corrected chi connectivity index (χ4v) is 1.14. The van der Waals surface area contributed by atoms with Gasteiger partial charge >= 0.3 is 0 Å². The monoisotopic (exact) mass is 155 g/mol. The van der Waals surface area contributed by atoms with Gasteiger partial charge in [-0.3, -0.25) is 0 Å². The third kappa shape index (κ3) is 3.45. The van der Waals surface area contributed by atoms with Gasteiger partial charge in [0.25, 0.3) is 0 Å². The maximum absolute atomic E-state index is 3.74. The summed E-state index contributed by atoms with van der Waals surface area (Å²) < 4.78 is 0. The Bertz CT molecular complexity index is 114. The number of hydrogen-bond acceptors (Lipinski definition) is 1. The standard InChI is InChI=1S/C10H21N/c1-6-10(4,7-2)9-11(5)8-3/h8H,3,6-7,9H2,1-2,4-5H3. The molecule has 66 valence electrons. The summed E-state index contributed by atoms with van der Waals surface area (Å²) in [6.07, 6.45) is 4.37. The van der Waals surface area contributed by atoms with Gasteiger partial charge < -0.3 is 4.90 Å². The first kappa shape index (κ1) is 10.5. The first-order valence-corrected chi connectivity index (χ1v) is 4.40. The second-order valence-electron chi connectivity index (χ2n) is 3.62. The van der Waals surface area contributed by atoms with Crippen LogP contribution in [-0.2, 0) is 0 Å². The Morgan fingerprint density at radius 3 is 2.09 bits per heavy atom. The molecule has 1 nitrogen and oxygen atoms in total. The summed E-state index contributed by atoms with van der Waals surface area (Å²) in [6.45, 7) is 11.7. The van der Waals surface area contributed by atoms with Crippen LogP contribution in [0.3, 0.4) is 0 Å². The molecule has 1 heteroatoms. The van der Waals surface area contributed by atoms with Crippen LogP contribution in [0.25, 0.3) is 0 Å². The van der Waals surface area contributed by atoms with Crippen molar-refractivity contribution in [3.63, 3.8) is 0 Å². The van der Waals surface area contributed by atoms with Crippen LogP contribution < -0.4 is 0 Å². The van der Waals surface area contributed by atoms with E-state index in [0.717, 1.165) is 6.54 Å². The van der Waals surface area contributed by atoms with Gasteiger partial charge in [-0.05, 0) is 24.5 Å². The molecular formula is C10H21N. The van der Waals surface area contributed by atoms with E-state index >= 15 is 0 Å². The molecule has 0 unspecified atom stereocenters. The lowest BCUT2D eigenvalue weighted by atomic mass is 9.84. The molecule has 0 aliphatic rings. The Balaban J connectivity index is 3.95. The van der Waals surface area contributed by atoms with Crippen molar-refractivity contribution in [3.05, 3.63) is 12.8 Å². The van der Waals surface area contributed by atoms with Crippen molar-refractivity contribution in [2.24, 2.45) is 5.41 Å². The molecule has 0 aromatic heterocycles. The average molecular weight is 155 g/mol. The first-order valence-electron chi connectivity index (χ1n) is 4.40. The highest BCUT2D eigenvalue weighted by Gasteiger charge is 2.19. The summed E-state index contributed by atoms with van der Waals surface area (Å²) in [5.74, 6) is 0. The van der Waals surface area contributed by atoms with Crippen LogP contribution in [0.1, 0.15) is 33.6 Å². The van der Waals surface area contributed by atoms with Crippen LogP contribution in [0.15, 0.2) is 12.8 Å². The van der Waals surface area contributed by atoms with Crippen LogP contribution in [-0.4, -0.2) is 18.5 Å². The largest absolute Gasteiger partial charge is 0.380 e. The Hall–Kier alpha value is -0.460. The summed E-state index contributed by atoms with van der Waals surface area (Å²) in [6, 6.07) is 0. The number of nitrogens with zero attached hydrogens (tertiary/aromatic N) is 1. The highest BCUT2D eigenvalue weighted by Crippen LogP contribution is 2.25. The molecule has 0 spiro atoms. The molecule has 0 aromatic carbocycles. The lowest BCUT2D eigenvalue weighted by Gasteiger charge is -2.31. The first-order chi connectivity index (χ1) is 5.08. The van der Waals surface area contributed by atoms with Crippen molar-refractivity contribution in [2.45, 2.75) is 33.6 Å². The Labute approximate surface area is 71.1 Å². The molecule has 0 atom stereocenters. The van der Waals surface area contributed by atoms with E-state index in [4.69, 9.17) is 0 Å². The number of hydrogen-bond donors (Lipinski definition) is 0. The predicted molar refractivity (Wildman–Crippen MR) is 51.5 cm³/mol. The smallest absolute Gasteiger partial charge is 0.0222 e. The molecule has 0 aliphatic carbocycles. The highest BCUT2D eigenvalue weighted by molar-refractivity contribution is 4.78. The molecular weight excluding hydrogens is 134 g/mol. The van der Waals surface area contributed by atoms with E-state index in [9.17, 15) is 0 Å². The van der Waals surface area contributed by atoms with Gasteiger partial charge in [0.15, 0.2) is 0 Å². The van der Waals surface area contributed by atoms with Gasteiger partial charge in [-0.25, -0.2) is 0 Å². The van der Waals surface area contributed by atoms with Crippen LogP contribution in [0.5, 0.6) is 0 Å². The van der Waals surface area contributed by atoms with E-state index in [2.05, 4.69) is 39.3 Å². The van der Waals surface area contributed by atoms with Crippen molar-refractivity contribution >= 4 is 0 Å². The van der Waals surface area contributed by atoms with Gasteiger partial charge in [0.2, 0.25) is 0 Å². The zero-order valence-corrected chi connectivity index (χ0v) is 8.35. The minimum absolute atomic E-state index is 0.461. The van der Waals surface area contributed by atoms with Crippen molar-refractivity contribution < 1.29 is 0 Å². The summed E-state index contributed by atoms with van der Waals surface area (Å²) in [7, 11) is 2.08. The van der Waals surface area contributed by atoms with Crippen molar-refractivity contribution in [1.29, 1.82) is 0 Å². The molecule has 11 heavy (non-hydrogen) atoms. The van der Waals surface area contributed by atoms with Gasteiger partial charge in [0.1, 0.15) is 0 Å². The summed E-state index contributed by atoms with van der Waals surface area (Å²) in [5, 5.41) is 0. The molecule has 0 saturated carbocycles. The van der Waals surface area contributed by atoms with Crippen LogP contribution in [0, 0.1) is 5.41 Å². The average Bonchev–Trinajstić information content (AvgIpc) is 2.04. The molecule has 0 amide bonds. The van der Waals surface area contributed by atoms with Gasteiger partial charge in [-0.15, -0.1) is 0 Å². The molecule has 0 bridgehead atoms. The summed E-state index contributed by atoms with van der Waals surface area (Å²) >= 11 is 0. The van der Waals surface area contributed by atoms with Crippen LogP contribution in [0.4, 0.5) is 0 Å². The lowest BCUT2D eigenvalue weighted by molar-refractivity contribution is 0.218. The lowest BCUT2D eigenvalue weighted by Crippen LogP contribution is -2.29. The van der Waals surface area contributed by atoms with Crippen molar-refractivity contribution in [1.82, 2.24) is 4.90 Å². The minimum atomic E-state index is 0.461. The Morgan fingerprint density at radius 2 is 1.82 bits per heavy atom. The molecule has 0 fully saturated rings. The third-order valence-corrected chi connectivity index (χ3v) is 2.65. The fraction of sp³-hybridized carbons (Fsp3) is 0.800. The molecule has 0 aliphatic heterocycles. The normalized spacial score (nSPS) is 11.3. The van der Waals surface area contributed by atoms with Crippen molar-refractivity contribution in [2.75, 3.05) is 13.6 Å². The molecule has 0 rings (SSSR count). The molecule has 0 aromatic rings. The van der Waals surface area contributed by atoms with Crippen LogP contribution in [0.2, 0.25) is 0 Å². The summed E-state index contributed by atoms with van der Waals surface area (Å²) in [5.41, 5.74) is 0.461. The van der Waals surface area contributed by atoms with Crippen LogP contribution >= 0.6 is 0 Å². The zero-order chi connectivity index (χ0) is 8.91. The topological polar surface area (TPSA) is 3.24 Å². The SMILES string of the molecule is C=CN(C)CC(C)(CC)CC. The second-order valence-corrected chi connectivity index (χ2v) is 3.62. The molecule has 0 heterocycles. The number of rotatable bonds is 5. The van der Waals surface area contributed by atoms with Gasteiger partial charge in [-0.2, -0.15) is 0 Å². The molecule has 0 saturated heterocycles. The van der Waals surface area contributed by atoms with E-state index in [1.807, 2.05) is 6.20 Å². The van der Waals surface area contributed by atoms with Gasteiger partial charge in [-0.1, -0.05) is 27.4 Å².